The normalized spacial score (nSPS) is 14.5. The zero-order valence-corrected chi connectivity index (χ0v) is 10.7. The van der Waals surface area contributed by atoms with Gasteiger partial charge in [0.05, 0.1) is 6.61 Å². The monoisotopic (exact) mass is 262 g/mol. The topological polar surface area (TPSA) is 84.1 Å². The lowest BCUT2D eigenvalue weighted by molar-refractivity contribution is 0.288. The van der Waals surface area contributed by atoms with E-state index in [0.717, 1.165) is 0 Å². The highest BCUT2D eigenvalue weighted by molar-refractivity contribution is 7.99. The molecule has 0 bridgehead atoms. The Bertz CT molecular complexity index is 328. The molecule has 0 aliphatic heterocycles. The molecule has 5 nitrogen and oxygen atoms in total. The van der Waals surface area contributed by atoms with Crippen molar-refractivity contribution in [3.05, 3.63) is 11.2 Å². The Morgan fingerprint density at radius 1 is 1.62 bits per heavy atom. The van der Waals surface area contributed by atoms with Crippen LogP contribution in [-0.4, -0.2) is 39.2 Å². The number of nitrogen functional groups attached to an aromatic ring is 1. The third-order valence-electron chi connectivity index (χ3n) is 2.13. The van der Waals surface area contributed by atoms with E-state index in [1.165, 1.54) is 0 Å². The molecule has 90 valence electrons. The maximum absolute atomic E-state index is 9.14. The zero-order valence-electron chi connectivity index (χ0n) is 9.14. The SMILES string of the molecule is CSC(CO)C(C)Nc1cc(Cl)nc(N)n1. The molecule has 16 heavy (non-hydrogen) atoms. The number of nitrogens with two attached hydrogens (primary N) is 1. The second-order valence-corrected chi connectivity index (χ2v) is 4.79. The smallest absolute Gasteiger partial charge is 0.223 e. The molecular formula is C9H15ClN4OS. The Kier molecular flexibility index (Phi) is 5.11. The van der Waals surface area contributed by atoms with E-state index in [2.05, 4.69) is 15.3 Å². The van der Waals surface area contributed by atoms with Crippen molar-refractivity contribution in [2.45, 2.75) is 18.2 Å². The average Bonchev–Trinajstić information content (AvgIpc) is 2.17. The van der Waals surface area contributed by atoms with Crippen LogP contribution in [0.15, 0.2) is 6.07 Å². The number of aliphatic hydroxyl groups is 1. The van der Waals surface area contributed by atoms with Crippen LogP contribution in [0, 0.1) is 0 Å². The van der Waals surface area contributed by atoms with Crippen molar-refractivity contribution in [2.24, 2.45) is 0 Å². The highest BCUT2D eigenvalue weighted by Gasteiger charge is 2.15. The van der Waals surface area contributed by atoms with Gasteiger partial charge in [-0.15, -0.1) is 0 Å². The Balaban J connectivity index is 2.72. The van der Waals surface area contributed by atoms with Gasteiger partial charge in [-0.1, -0.05) is 11.6 Å². The van der Waals surface area contributed by atoms with Gasteiger partial charge in [-0.2, -0.15) is 16.7 Å². The van der Waals surface area contributed by atoms with Gasteiger partial charge < -0.3 is 16.2 Å². The summed E-state index contributed by atoms with van der Waals surface area (Å²) in [5, 5.41) is 12.7. The van der Waals surface area contributed by atoms with Crippen molar-refractivity contribution >= 4 is 35.1 Å². The fraction of sp³-hybridized carbons (Fsp3) is 0.556. The van der Waals surface area contributed by atoms with Gasteiger partial charge in [0.15, 0.2) is 0 Å². The largest absolute Gasteiger partial charge is 0.395 e. The Morgan fingerprint density at radius 3 is 2.81 bits per heavy atom. The van der Waals surface area contributed by atoms with Crippen LogP contribution in [-0.2, 0) is 0 Å². The van der Waals surface area contributed by atoms with Crippen molar-refractivity contribution < 1.29 is 5.11 Å². The number of aromatic nitrogens is 2. The number of hydrogen-bond acceptors (Lipinski definition) is 6. The summed E-state index contributed by atoms with van der Waals surface area (Å²) in [6.45, 7) is 2.06. The van der Waals surface area contributed by atoms with Gasteiger partial charge in [0.2, 0.25) is 5.95 Å². The quantitative estimate of drug-likeness (QED) is 0.693. The van der Waals surface area contributed by atoms with Gasteiger partial charge >= 0.3 is 0 Å². The number of nitrogens with zero attached hydrogens (tertiary/aromatic N) is 2. The predicted molar refractivity (Wildman–Crippen MR) is 68.9 cm³/mol. The first-order valence-electron chi connectivity index (χ1n) is 4.77. The molecule has 0 aromatic carbocycles. The lowest BCUT2D eigenvalue weighted by Gasteiger charge is -2.21. The molecule has 0 radical (unpaired) electrons. The van der Waals surface area contributed by atoms with Crippen LogP contribution in [0.2, 0.25) is 5.15 Å². The van der Waals surface area contributed by atoms with E-state index >= 15 is 0 Å². The summed E-state index contributed by atoms with van der Waals surface area (Å²) in [6, 6.07) is 1.66. The minimum Gasteiger partial charge on any atom is -0.395 e. The van der Waals surface area contributed by atoms with Gasteiger partial charge in [0.25, 0.3) is 0 Å². The highest BCUT2D eigenvalue weighted by Crippen LogP contribution is 2.17. The van der Waals surface area contributed by atoms with E-state index in [1.54, 1.807) is 17.8 Å². The molecule has 1 rings (SSSR count). The molecule has 2 atom stereocenters. The summed E-state index contributed by atoms with van der Waals surface area (Å²) in [5.41, 5.74) is 5.48. The van der Waals surface area contributed by atoms with E-state index in [-0.39, 0.29) is 23.8 Å². The molecule has 2 unspecified atom stereocenters. The van der Waals surface area contributed by atoms with Crippen molar-refractivity contribution in [1.29, 1.82) is 0 Å². The van der Waals surface area contributed by atoms with E-state index < -0.39 is 0 Å². The van der Waals surface area contributed by atoms with Crippen LogP contribution >= 0.6 is 23.4 Å². The number of halogens is 1. The molecule has 1 aromatic rings. The van der Waals surface area contributed by atoms with E-state index in [1.807, 2.05) is 13.2 Å². The molecule has 0 aliphatic carbocycles. The van der Waals surface area contributed by atoms with Crippen LogP contribution < -0.4 is 11.1 Å². The Morgan fingerprint density at radius 2 is 2.31 bits per heavy atom. The number of nitrogens with one attached hydrogen (secondary N) is 1. The predicted octanol–water partition coefficient (Wildman–Crippen LogP) is 1.24. The van der Waals surface area contributed by atoms with Crippen LogP contribution in [0.1, 0.15) is 6.92 Å². The minimum atomic E-state index is 0.0605. The van der Waals surface area contributed by atoms with E-state index in [4.69, 9.17) is 22.4 Å². The van der Waals surface area contributed by atoms with E-state index in [9.17, 15) is 0 Å². The summed E-state index contributed by atoms with van der Waals surface area (Å²) in [4.78, 5) is 7.77. The summed E-state index contributed by atoms with van der Waals surface area (Å²) in [7, 11) is 0. The van der Waals surface area contributed by atoms with Crippen LogP contribution in [0.3, 0.4) is 0 Å². The number of hydrogen-bond donors (Lipinski definition) is 3. The molecule has 1 aromatic heterocycles. The second-order valence-electron chi connectivity index (χ2n) is 3.32. The van der Waals surface area contributed by atoms with Crippen molar-refractivity contribution in [3.63, 3.8) is 0 Å². The molecule has 0 amide bonds. The fourth-order valence-corrected chi connectivity index (χ4v) is 2.09. The third-order valence-corrected chi connectivity index (χ3v) is 3.48. The fourth-order valence-electron chi connectivity index (χ4n) is 1.27. The standard InChI is InChI=1S/C9H15ClN4OS/c1-5(6(4-15)16-2)12-8-3-7(10)13-9(11)14-8/h3,5-6,15H,4H2,1-2H3,(H3,11,12,13,14). The molecule has 0 saturated heterocycles. The van der Waals surface area contributed by atoms with Gasteiger partial charge in [-0.25, -0.2) is 4.98 Å². The molecule has 0 aliphatic rings. The molecule has 7 heteroatoms. The van der Waals surface area contributed by atoms with Crippen molar-refractivity contribution in [3.8, 4) is 0 Å². The third kappa shape index (κ3) is 3.70. The first-order chi connectivity index (χ1) is 7.56. The summed E-state index contributed by atoms with van der Waals surface area (Å²) in [5.74, 6) is 0.699. The molecular weight excluding hydrogens is 248 g/mol. The number of thioether (sulfide) groups is 1. The number of aliphatic hydroxyl groups excluding tert-OH is 1. The van der Waals surface area contributed by atoms with Gasteiger partial charge in [0.1, 0.15) is 11.0 Å². The lowest BCUT2D eigenvalue weighted by atomic mass is 10.2. The molecule has 0 fully saturated rings. The Labute approximate surface area is 104 Å². The van der Waals surface area contributed by atoms with Gasteiger partial charge in [0, 0.05) is 17.4 Å². The summed E-state index contributed by atoms with van der Waals surface area (Å²) < 4.78 is 0. The van der Waals surface area contributed by atoms with E-state index in [0.29, 0.717) is 11.0 Å². The minimum absolute atomic E-state index is 0.0605. The zero-order chi connectivity index (χ0) is 12.1. The second kappa shape index (κ2) is 6.12. The van der Waals surface area contributed by atoms with Crippen LogP contribution in [0.5, 0.6) is 0 Å². The number of anilines is 2. The maximum atomic E-state index is 9.14. The molecule has 4 N–H and O–H groups in total. The van der Waals surface area contributed by atoms with Gasteiger partial charge in [-0.05, 0) is 13.2 Å². The first kappa shape index (κ1) is 13.3. The molecule has 0 spiro atoms. The van der Waals surface area contributed by atoms with Crippen molar-refractivity contribution in [2.75, 3.05) is 23.9 Å². The van der Waals surface area contributed by atoms with Gasteiger partial charge in [-0.3, -0.25) is 0 Å². The van der Waals surface area contributed by atoms with Crippen molar-refractivity contribution in [1.82, 2.24) is 9.97 Å². The number of rotatable bonds is 5. The lowest BCUT2D eigenvalue weighted by Crippen LogP contribution is -2.31. The summed E-state index contributed by atoms with van der Waals surface area (Å²) in [6.07, 6.45) is 1.94. The Hall–Kier alpha value is -0.720. The van der Waals surface area contributed by atoms with Crippen LogP contribution in [0.25, 0.3) is 0 Å². The molecule has 1 heterocycles. The summed E-state index contributed by atoms with van der Waals surface area (Å²) >= 11 is 7.34. The highest BCUT2D eigenvalue weighted by atomic mass is 35.5. The van der Waals surface area contributed by atoms with Crippen LogP contribution in [0.4, 0.5) is 11.8 Å². The maximum Gasteiger partial charge on any atom is 0.223 e. The average molecular weight is 263 g/mol. The molecule has 0 saturated carbocycles. The first-order valence-corrected chi connectivity index (χ1v) is 6.43.